The Hall–Kier alpha value is -1.68. The summed E-state index contributed by atoms with van der Waals surface area (Å²) in [5.41, 5.74) is 3.28. The number of hydrogen-bond acceptors (Lipinski definition) is 2. The van der Waals surface area contributed by atoms with Crippen molar-refractivity contribution in [2.24, 2.45) is 0 Å². The van der Waals surface area contributed by atoms with E-state index in [4.69, 9.17) is 4.98 Å². The van der Waals surface area contributed by atoms with Crippen molar-refractivity contribution in [2.75, 3.05) is 6.54 Å². The third-order valence-corrected chi connectivity index (χ3v) is 3.94. The van der Waals surface area contributed by atoms with Gasteiger partial charge in [-0.25, -0.2) is 9.37 Å². The van der Waals surface area contributed by atoms with E-state index in [1.165, 1.54) is 17.5 Å². The van der Waals surface area contributed by atoms with Crippen molar-refractivity contribution < 1.29 is 4.39 Å². The summed E-state index contributed by atoms with van der Waals surface area (Å²) in [7, 11) is 0. The Labute approximate surface area is 118 Å². The molecule has 2 heterocycles. The Morgan fingerprint density at radius 1 is 1.35 bits per heavy atom. The molecular weight excluding hydrogens is 253 g/mol. The van der Waals surface area contributed by atoms with Crippen molar-refractivity contribution in [3.8, 4) is 0 Å². The van der Waals surface area contributed by atoms with Gasteiger partial charge in [-0.15, -0.1) is 0 Å². The number of rotatable bonds is 4. The van der Waals surface area contributed by atoms with Gasteiger partial charge in [0.1, 0.15) is 11.6 Å². The van der Waals surface area contributed by atoms with Crippen LogP contribution in [0.4, 0.5) is 4.39 Å². The summed E-state index contributed by atoms with van der Waals surface area (Å²) in [6.45, 7) is 4.80. The lowest BCUT2D eigenvalue weighted by atomic mass is 10.1. The lowest BCUT2D eigenvalue weighted by Crippen LogP contribution is -2.25. The molecule has 2 aromatic rings. The van der Waals surface area contributed by atoms with E-state index in [2.05, 4.69) is 16.8 Å². The number of halogens is 1. The molecule has 0 spiro atoms. The Bertz CT molecular complexity index is 604. The van der Waals surface area contributed by atoms with Crippen LogP contribution >= 0.6 is 0 Å². The molecule has 106 valence electrons. The average Bonchev–Trinajstić information content (AvgIpc) is 2.84. The van der Waals surface area contributed by atoms with Gasteiger partial charge in [0.05, 0.1) is 5.69 Å². The summed E-state index contributed by atoms with van der Waals surface area (Å²) in [5.74, 6) is 1.01. The molecule has 3 rings (SSSR count). The third-order valence-electron chi connectivity index (χ3n) is 3.94. The van der Waals surface area contributed by atoms with Crippen LogP contribution in [-0.4, -0.2) is 16.1 Å². The Morgan fingerprint density at radius 2 is 2.20 bits per heavy atom. The average molecular weight is 273 g/mol. The second kappa shape index (κ2) is 5.75. The summed E-state index contributed by atoms with van der Waals surface area (Å²) in [4.78, 5) is 4.71. The topological polar surface area (TPSA) is 29.9 Å². The number of nitrogens with zero attached hydrogens (tertiary/aromatic N) is 2. The van der Waals surface area contributed by atoms with Gasteiger partial charge in [0.15, 0.2) is 0 Å². The summed E-state index contributed by atoms with van der Waals surface area (Å²) < 4.78 is 16.0. The molecular formula is C16H20FN3. The van der Waals surface area contributed by atoms with Gasteiger partial charge in [-0.05, 0) is 18.1 Å². The molecule has 0 unspecified atom stereocenters. The number of fused-ring (bicyclic) bond motifs is 1. The van der Waals surface area contributed by atoms with Crippen LogP contribution in [0.5, 0.6) is 0 Å². The number of nitrogens with one attached hydrogen (secondary N) is 1. The van der Waals surface area contributed by atoms with E-state index >= 15 is 0 Å². The molecule has 3 nitrogen and oxygen atoms in total. The van der Waals surface area contributed by atoms with Gasteiger partial charge < -0.3 is 9.88 Å². The molecule has 1 N–H and O–H groups in total. The van der Waals surface area contributed by atoms with Gasteiger partial charge in [0.2, 0.25) is 0 Å². The second-order valence-corrected chi connectivity index (χ2v) is 5.19. The SMILES string of the molecule is CCc1nc2c(n1CCc1ccccc1F)CCNC2. The van der Waals surface area contributed by atoms with Gasteiger partial charge in [-0.3, -0.25) is 0 Å². The summed E-state index contributed by atoms with van der Waals surface area (Å²) in [6, 6.07) is 7.03. The van der Waals surface area contributed by atoms with Crippen LogP contribution in [0.25, 0.3) is 0 Å². The summed E-state index contributed by atoms with van der Waals surface area (Å²) in [6.07, 6.45) is 2.65. The molecule has 1 aromatic heterocycles. The van der Waals surface area contributed by atoms with Crippen LogP contribution in [0.1, 0.15) is 29.7 Å². The highest BCUT2D eigenvalue weighted by Crippen LogP contribution is 2.18. The molecule has 1 aliphatic rings. The van der Waals surface area contributed by atoms with Crippen LogP contribution in [0.2, 0.25) is 0 Å². The third kappa shape index (κ3) is 2.48. The van der Waals surface area contributed by atoms with Crippen molar-refractivity contribution in [3.63, 3.8) is 0 Å². The Morgan fingerprint density at radius 3 is 3.00 bits per heavy atom. The number of hydrogen-bond donors (Lipinski definition) is 1. The number of aryl methyl sites for hydroxylation is 2. The first-order valence-corrected chi connectivity index (χ1v) is 7.31. The largest absolute Gasteiger partial charge is 0.331 e. The lowest BCUT2D eigenvalue weighted by molar-refractivity contribution is 0.560. The maximum absolute atomic E-state index is 13.7. The molecule has 20 heavy (non-hydrogen) atoms. The van der Waals surface area contributed by atoms with E-state index in [0.717, 1.165) is 50.3 Å². The van der Waals surface area contributed by atoms with E-state index in [9.17, 15) is 4.39 Å². The molecule has 0 bridgehead atoms. The van der Waals surface area contributed by atoms with E-state index < -0.39 is 0 Å². The molecule has 4 heteroatoms. The minimum atomic E-state index is -0.110. The van der Waals surface area contributed by atoms with E-state index in [0.29, 0.717) is 0 Å². The van der Waals surface area contributed by atoms with E-state index in [1.807, 2.05) is 12.1 Å². The monoisotopic (exact) mass is 273 g/mol. The number of benzene rings is 1. The van der Waals surface area contributed by atoms with Crippen LogP contribution in [0.3, 0.4) is 0 Å². The minimum Gasteiger partial charge on any atom is -0.331 e. The molecule has 0 saturated heterocycles. The van der Waals surface area contributed by atoms with Crippen molar-refractivity contribution in [1.29, 1.82) is 0 Å². The summed E-state index contributed by atoms with van der Waals surface area (Å²) >= 11 is 0. The number of imidazole rings is 1. The molecule has 1 aromatic carbocycles. The smallest absolute Gasteiger partial charge is 0.126 e. The predicted molar refractivity (Wildman–Crippen MR) is 77.1 cm³/mol. The fourth-order valence-electron chi connectivity index (χ4n) is 2.89. The molecule has 0 fully saturated rings. The zero-order valence-electron chi connectivity index (χ0n) is 11.8. The standard InChI is InChI=1S/C16H20FN3/c1-2-16-19-14-11-18-9-7-15(14)20(16)10-8-12-5-3-4-6-13(12)17/h3-6,18H,2,7-11H2,1H3. The fraction of sp³-hybridized carbons (Fsp3) is 0.438. The van der Waals surface area contributed by atoms with E-state index in [1.54, 1.807) is 6.07 Å². The highest BCUT2D eigenvalue weighted by atomic mass is 19.1. The van der Waals surface area contributed by atoms with Crippen molar-refractivity contribution >= 4 is 0 Å². The van der Waals surface area contributed by atoms with Gasteiger partial charge in [0, 0.05) is 38.2 Å². The van der Waals surface area contributed by atoms with Crippen LogP contribution in [-0.2, 0) is 32.4 Å². The first-order chi connectivity index (χ1) is 9.79. The highest BCUT2D eigenvalue weighted by molar-refractivity contribution is 5.22. The van der Waals surface area contributed by atoms with Crippen molar-refractivity contribution in [1.82, 2.24) is 14.9 Å². The van der Waals surface area contributed by atoms with Gasteiger partial charge in [-0.1, -0.05) is 25.1 Å². The van der Waals surface area contributed by atoms with Gasteiger partial charge in [0.25, 0.3) is 0 Å². The van der Waals surface area contributed by atoms with Crippen molar-refractivity contribution in [3.05, 3.63) is 52.9 Å². The van der Waals surface area contributed by atoms with Crippen LogP contribution in [0.15, 0.2) is 24.3 Å². The quantitative estimate of drug-likeness (QED) is 0.927. The maximum atomic E-state index is 13.7. The molecule has 0 saturated carbocycles. The first kappa shape index (κ1) is 13.3. The molecule has 0 atom stereocenters. The summed E-state index contributed by atoms with van der Waals surface area (Å²) in [5, 5.41) is 3.35. The number of aromatic nitrogens is 2. The zero-order valence-corrected chi connectivity index (χ0v) is 11.8. The van der Waals surface area contributed by atoms with Gasteiger partial charge >= 0.3 is 0 Å². The normalized spacial score (nSPS) is 14.3. The van der Waals surface area contributed by atoms with Crippen molar-refractivity contribution in [2.45, 2.75) is 39.3 Å². The molecule has 1 aliphatic heterocycles. The molecule has 0 radical (unpaired) electrons. The Balaban J connectivity index is 1.83. The van der Waals surface area contributed by atoms with Crippen LogP contribution < -0.4 is 5.32 Å². The second-order valence-electron chi connectivity index (χ2n) is 5.19. The fourth-order valence-corrected chi connectivity index (χ4v) is 2.89. The minimum absolute atomic E-state index is 0.110. The lowest BCUT2D eigenvalue weighted by Gasteiger charge is -2.16. The molecule has 0 aliphatic carbocycles. The van der Waals surface area contributed by atoms with Gasteiger partial charge in [-0.2, -0.15) is 0 Å². The Kier molecular flexibility index (Phi) is 3.83. The zero-order chi connectivity index (χ0) is 13.9. The van der Waals surface area contributed by atoms with Crippen LogP contribution in [0, 0.1) is 5.82 Å². The first-order valence-electron chi connectivity index (χ1n) is 7.31. The maximum Gasteiger partial charge on any atom is 0.126 e. The predicted octanol–water partition coefficient (Wildman–Crippen LogP) is 2.47. The molecule has 0 amide bonds. The highest BCUT2D eigenvalue weighted by Gasteiger charge is 2.18. The van der Waals surface area contributed by atoms with E-state index in [-0.39, 0.29) is 5.82 Å².